The summed E-state index contributed by atoms with van der Waals surface area (Å²) >= 11 is 0. The lowest BCUT2D eigenvalue weighted by Crippen LogP contribution is -2.40. The molecule has 0 bridgehead atoms. The van der Waals surface area contributed by atoms with Crippen LogP contribution in [-0.2, 0) is 20.9 Å². The number of phenolic OH excluding ortho intramolecular Hbond substituents is 1. The van der Waals surface area contributed by atoms with Crippen LogP contribution in [0.1, 0.15) is 36.9 Å². The number of hydrogen-bond acceptors (Lipinski definition) is 5. The molecular formula is C23H28N2O6. The Labute approximate surface area is 181 Å². The number of carbonyl (C=O) groups excluding carboxylic acids is 1. The van der Waals surface area contributed by atoms with Crippen LogP contribution in [0.3, 0.4) is 0 Å². The fraction of sp³-hybridized carbons (Fsp3) is 0.348. The van der Waals surface area contributed by atoms with E-state index in [9.17, 15) is 9.90 Å². The van der Waals surface area contributed by atoms with Gasteiger partial charge in [-0.2, -0.15) is 0 Å². The Kier molecular flexibility index (Phi) is 9.02. The molecule has 2 aromatic rings. The Bertz CT molecular complexity index is 867. The molecule has 166 valence electrons. The van der Waals surface area contributed by atoms with Gasteiger partial charge in [0.1, 0.15) is 5.75 Å². The van der Waals surface area contributed by atoms with Crippen molar-refractivity contribution in [3.05, 3.63) is 65.7 Å². The number of hydrogen-bond donors (Lipinski definition) is 4. The second kappa shape index (κ2) is 11.7. The first-order valence-corrected chi connectivity index (χ1v) is 10.1. The van der Waals surface area contributed by atoms with E-state index in [4.69, 9.17) is 19.8 Å². The van der Waals surface area contributed by atoms with E-state index in [-0.39, 0.29) is 17.9 Å². The molecule has 1 amide bonds. The van der Waals surface area contributed by atoms with Crippen molar-refractivity contribution in [3.63, 3.8) is 0 Å². The molecule has 8 heteroatoms. The molecule has 31 heavy (non-hydrogen) atoms. The molecule has 4 N–H and O–H groups in total. The summed E-state index contributed by atoms with van der Waals surface area (Å²) in [6.45, 7) is 4.53. The number of para-hydroxylation sites is 1. The van der Waals surface area contributed by atoms with Crippen molar-refractivity contribution >= 4 is 17.8 Å². The van der Waals surface area contributed by atoms with E-state index in [0.29, 0.717) is 5.75 Å². The Morgan fingerprint density at radius 2 is 1.52 bits per heavy atom. The second-order valence-electron chi connectivity index (χ2n) is 7.43. The molecule has 3 rings (SSSR count). The molecule has 1 heterocycles. The lowest BCUT2D eigenvalue weighted by atomic mass is 9.94. The average Bonchev–Trinajstić information content (AvgIpc) is 2.76. The van der Waals surface area contributed by atoms with Crippen molar-refractivity contribution in [3.8, 4) is 5.75 Å². The Hall–Kier alpha value is -3.39. The molecular weight excluding hydrogens is 400 g/mol. The summed E-state index contributed by atoms with van der Waals surface area (Å²) in [4.78, 5) is 33.0. The van der Waals surface area contributed by atoms with Crippen molar-refractivity contribution < 1.29 is 29.7 Å². The van der Waals surface area contributed by atoms with E-state index in [1.54, 1.807) is 6.07 Å². The van der Waals surface area contributed by atoms with Gasteiger partial charge in [-0.05, 0) is 44.5 Å². The van der Waals surface area contributed by atoms with Gasteiger partial charge in [-0.25, -0.2) is 9.59 Å². The van der Waals surface area contributed by atoms with E-state index >= 15 is 0 Å². The number of carbonyl (C=O) groups is 3. The Balaban J connectivity index is 0.000000501. The number of phenols is 1. The molecule has 0 aromatic heterocycles. The molecule has 0 saturated carbocycles. The number of carboxylic acids is 2. The van der Waals surface area contributed by atoms with Gasteiger partial charge in [-0.1, -0.05) is 48.5 Å². The first kappa shape index (κ1) is 23.9. The molecule has 1 saturated heterocycles. The zero-order valence-electron chi connectivity index (χ0n) is 17.4. The van der Waals surface area contributed by atoms with E-state index in [2.05, 4.69) is 10.2 Å². The van der Waals surface area contributed by atoms with E-state index in [0.717, 1.165) is 43.6 Å². The van der Waals surface area contributed by atoms with Crippen LogP contribution in [0, 0.1) is 5.92 Å². The predicted molar refractivity (Wildman–Crippen MR) is 114 cm³/mol. The van der Waals surface area contributed by atoms with Gasteiger partial charge in [0.2, 0.25) is 5.91 Å². The quantitative estimate of drug-likeness (QED) is 0.539. The van der Waals surface area contributed by atoms with Crippen molar-refractivity contribution in [2.45, 2.75) is 32.4 Å². The van der Waals surface area contributed by atoms with E-state index in [1.807, 2.05) is 55.5 Å². The predicted octanol–water partition coefficient (Wildman–Crippen LogP) is 2.64. The standard InChI is InChI=1S/C21H26N2O2.C2H2O4/c1-16(17-7-3-2-4-8-17)22-21(25)18-11-13-23(14-12-18)15-19-9-5-6-10-20(19)24;3-1(4)2(5)6/h2-10,16,18,24H,11-15H2,1H3,(H,22,25);(H,3,4)(H,5,6). The summed E-state index contributed by atoms with van der Waals surface area (Å²) in [5.74, 6) is -3.07. The van der Waals surface area contributed by atoms with Crippen LogP contribution in [0.25, 0.3) is 0 Å². The number of aliphatic carboxylic acids is 2. The van der Waals surface area contributed by atoms with Crippen LogP contribution in [0.2, 0.25) is 0 Å². The zero-order valence-corrected chi connectivity index (χ0v) is 17.4. The molecule has 1 fully saturated rings. The van der Waals surface area contributed by atoms with Crippen LogP contribution < -0.4 is 5.32 Å². The summed E-state index contributed by atoms with van der Waals surface area (Å²) in [5.41, 5.74) is 2.08. The second-order valence-corrected chi connectivity index (χ2v) is 7.43. The minimum Gasteiger partial charge on any atom is -0.508 e. The zero-order chi connectivity index (χ0) is 22.8. The first-order valence-electron chi connectivity index (χ1n) is 10.1. The van der Waals surface area contributed by atoms with Crippen molar-refractivity contribution in [2.75, 3.05) is 13.1 Å². The highest BCUT2D eigenvalue weighted by atomic mass is 16.4. The highest BCUT2D eigenvalue weighted by Crippen LogP contribution is 2.23. The van der Waals surface area contributed by atoms with Gasteiger partial charge >= 0.3 is 11.9 Å². The van der Waals surface area contributed by atoms with Gasteiger partial charge in [0.05, 0.1) is 6.04 Å². The topological polar surface area (TPSA) is 127 Å². The van der Waals surface area contributed by atoms with Crippen LogP contribution >= 0.6 is 0 Å². The number of piperidine rings is 1. The molecule has 0 spiro atoms. The third kappa shape index (κ3) is 7.75. The molecule has 1 unspecified atom stereocenters. The van der Waals surface area contributed by atoms with Gasteiger partial charge in [0.15, 0.2) is 0 Å². The number of nitrogens with zero attached hydrogens (tertiary/aromatic N) is 1. The van der Waals surface area contributed by atoms with Gasteiger partial charge in [-0.15, -0.1) is 0 Å². The summed E-state index contributed by atoms with van der Waals surface area (Å²) < 4.78 is 0. The number of likely N-dealkylation sites (tertiary alicyclic amines) is 1. The molecule has 8 nitrogen and oxygen atoms in total. The Morgan fingerprint density at radius 3 is 2.06 bits per heavy atom. The van der Waals surface area contributed by atoms with Crippen molar-refractivity contribution in [2.24, 2.45) is 5.92 Å². The van der Waals surface area contributed by atoms with Crippen LogP contribution in [-0.4, -0.2) is 51.2 Å². The highest BCUT2D eigenvalue weighted by Gasteiger charge is 2.26. The molecule has 2 aromatic carbocycles. The maximum Gasteiger partial charge on any atom is 0.414 e. The molecule has 0 aliphatic carbocycles. The maximum atomic E-state index is 12.5. The fourth-order valence-corrected chi connectivity index (χ4v) is 3.39. The third-order valence-electron chi connectivity index (χ3n) is 5.19. The summed E-state index contributed by atoms with van der Waals surface area (Å²) in [5, 5.41) is 27.8. The molecule has 1 aliphatic rings. The van der Waals surface area contributed by atoms with Crippen molar-refractivity contribution in [1.29, 1.82) is 0 Å². The average molecular weight is 428 g/mol. The minimum absolute atomic E-state index is 0.0352. The third-order valence-corrected chi connectivity index (χ3v) is 5.19. The SMILES string of the molecule is CC(NC(=O)C1CCN(Cc2ccccc2O)CC1)c1ccccc1.O=C(O)C(=O)O. The Morgan fingerprint density at radius 1 is 0.968 bits per heavy atom. The van der Waals surface area contributed by atoms with Gasteiger partial charge in [-0.3, -0.25) is 9.69 Å². The van der Waals surface area contributed by atoms with Gasteiger partial charge < -0.3 is 20.6 Å². The van der Waals surface area contributed by atoms with E-state index in [1.165, 1.54) is 0 Å². The molecule has 1 atom stereocenters. The largest absolute Gasteiger partial charge is 0.508 e. The number of amides is 1. The summed E-state index contributed by atoms with van der Waals surface area (Å²) in [7, 11) is 0. The van der Waals surface area contributed by atoms with Crippen LogP contribution in [0.4, 0.5) is 0 Å². The lowest BCUT2D eigenvalue weighted by Gasteiger charge is -2.32. The normalized spacial score (nSPS) is 15.3. The van der Waals surface area contributed by atoms with E-state index < -0.39 is 11.9 Å². The number of rotatable bonds is 5. The summed E-state index contributed by atoms with van der Waals surface area (Å²) in [6.07, 6.45) is 1.72. The lowest BCUT2D eigenvalue weighted by molar-refractivity contribution is -0.159. The van der Waals surface area contributed by atoms with Crippen LogP contribution in [0.5, 0.6) is 5.75 Å². The van der Waals surface area contributed by atoms with Crippen molar-refractivity contribution in [1.82, 2.24) is 10.2 Å². The fourth-order valence-electron chi connectivity index (χ4n) is 3.39. The first-order chi connectivity index (χ1) is 14.8. The molecule has 1 aliphatic heterocycles. The van der Waals surface area contributed by atoms with Gasteiger partial charge in [0.25, 0.3) is 0 Å². The summed E-state index contributed by atoms with van der Waals surface area (Å²) in [6, 6.07) is 17.6. The highest BCUT2D eigenvalue weighted by molar-refractivity contribution is 6.27. The van der Waals surface area contributed by atoms with Gasteiger partial charge in [0, 0.05) is 18.0 Å². The smallest absolute Gasteiger partial charge is 0.414 e. The number of nitrogens with one attached hydrogen (secondary N) is 1. The number of carboxylic acid groups (broad SMARTS) is 2. The monoisotopic (exact) mass is 428 g/mol. The number of benzene rings is 2. The number of aromatic hydroxyl groups is 1. The minimum atomic E-state index is -1.82. The maximum absolute atomic E-state index is 12.5. The van der Waals surface area contributed by atoms with Crippen LogP contribution in [0.15, 0.2) is 54.6 Å². The molecule has 0 radical (unpaired) electrons.